The Morgan fingerprint density at radius 2 is 2.28 bits per heavy atom. The maximum atomic E-state index is 12.2. The molecule has 2 aromatic heterocycles. The van der Waals surface area contributed by atoms with Crippen molar-refractivity contribution < 1.29 is 4.79 Å². The van der Waals surface area contributed by atoms with E-state index >= 15 is 0 Å². The normalized spacial score (nSPS) is 10.8. The molecule has 0 aliphatic heterocycles. The molecule has 6 heteroatoms. The number of carbonyl (C=O) groups excluding carboxylic acids is 1. The van der Waals surface area contributed by atoms with Gasteiger partial charge >= 0.3 is 0 Å². The SMILES string of the molecule is CCCN(CC)C(=O)c1cc2nccc(Cl)n2n1. The van der Waals surface area contributed by atoms with E-state index in [9.17, 15) is 4.79 Å². The van der Waals surface area contributed by atoms with Gasteiger partial charge in [-0.1, -0.05) is 18.5 Å². The highest BCUT2D eigenvalue weighted by atomic mass is 35.5. The van der Waals surface area contributed by atoms with Crippen molar-refractivity contribution in [1.82, 2.24) is 19.5 Å². The van der Waals surface area contributed by atoms with Crippen molar-refractivity contribution in [3.05, 3.63) is 29.2 Å². The van der Waals surface area contributed by atoms with Gasteiger partial charge in [0.1, 0.15) is 5.15 Å². The summed E-state index contributed by atoms with van der Waals surface area (Å²) in [7, 11) is 0. The van der Waals surface area contributed by atoms with Gasteiger partial charge in [0.2, 0.25) is 0 Å². The molecule has 0 atom stereocenters. The summed E-state index contributed by atoms with van der Waals surface area (Å²) in [6, 6.07) is 3.30. The molecule has 1 amide bonds. The van der Waals surface area contributed by atoms with Crippen molar-refractivity contribution in [2.75, 3.05) is 13.1 Å². The van der Waals surface area contributed by atoms with Crippen molar-refractivity contribution in [2.24, 2.45) is 0 Å². The van der Waals surface area contributed by atoms with Crippen LogP contribution in [0.5, 0.6) is 0 Å². The van der Waals surface area contributed by atoms with Gasteiger partial charge in [0.15, 0.2) is 11.3 Å². The summed E-state index contributed by atoms with van der Waals surface area (Å²) >= 11 is 5.99. The van der Waals surface area contributed by atoms with E-state index in [-0.39, 0.29) is 5.91 Å². The quantitative estimate of drug-likeness (QED) is 0.798. The zero-order valence-electron chi connectivity index (χ0n) is 10.4. The molecule has 0 aromatic carbocycles. The lowest BCUT2D eigenvalue weighted by molar-refractivity contribution is 0.0758. The van der Waals surface area contributed by atoms with E-state index in [1.54, 1.807) is 23.2 Å². The Bertz CT molecular complexity index is 566. The van der Waals surface area contributed by atoms with Crippen LogP contribution in [0.4, 0.5) is 0 Å². The summed E-state index contributed by atoms with van der Waals surface area (Å²) < 4.78 is 1.47. The molecule has 0 N–H and O–H groups in total. The first-order valence-electron chi connectivity index (χ1n) is 5.97. The van der Waals surface area contributed by atoms with Gasteiger partial charge in [0.05, 0.1) is 0 Å². The van der Waals surface area contributed by atoms with Gasteiger partial charge < -0.3 is 4.90 Å². The van der Waals surface area contributed by atoms with Crippen molar-refractivity contribution in [3.8, 4) is 0 Å². The third-order valence-corrected chi connectivity index (χ3v) is 2.98. The minimum absolute atomic E-state index is 0.0825. The molecular formula is C12H15ClN4O. The molecule has 0 saturated carbocycles. The van der Waals surface area contributed by atoms with Crippen LogP contribution in [0, 0.1) is 0 Å². The smallest absolute Gasteiger partial charge is 0.274 e. The van der Waals surface area contributed by atoms with E-state index in [4.69, 9.17) is 11.6 Å². The van der Waals surface area contributed by atoms with Crippen molar-refractivity contribution in [2.45, 2.75) is 20.3 Å². The van der Waals surface area contributed by atoms with Crippen LogP contribution in [-0.4, -0.2) is 38.5 Å². The predicted octanol–water partition coefficient (Wildman–Crippen LogP) is 2.25. The highest BCUT2D eigenvalue weighted by molar-refractivity contribution is 6.29. The van der Waals surface area contributed by atoms with Gasteiger partial charge in [-0.2, -0.15) is 5.10 Å². The topological polar surface area (TPSA) is 50.5 Å². The van der Waals surface area contributed by atoms with Gasteiger partial charge in [0, 0.05) is 25.4 Å². The fourth-order valence-corrected chi connectivity index (χ4v) is 1.99. The lowest BCUT2D eigenvalue weighted by Gasteiger charge is -2.18. The minimum Gasteiger partial charge on any atom is -0.338 e. The van der Waals surface area contributed by atoms with Crippen molar-refractivity contribution in [1.29, 1.82) is 0 Å². The number of amides is 1. The number of aromatic nitrogens is 3. The molecule has 2 heterocycles. The van der Waals surface area contributed by atoms with E-state index in [1.807, 2.05) is 13.8 Å². The maximum absolute atomic E-state index is 12.2. The number of halogens is 1. The number of rotatable bonds is 4. The lowest BCUT2D eigenvalue weighted by atomic mass is 10.3. The second kappa shape index (κ2) is 5.35. The lowest BCUT2D eigenvalue weighted by Crippen LogP contribution is -2.31. The predicted molar refractivity (Wildman–Crippen MR) is 69.9 cm³/mol. The first kappa shape index (κ1) is 12.8. The van der Waals surface area contributed by atoms with E-state index < -0.39 is 0 Å². The van der Waals surface area contributed by atoms with Gasteiger partial charge in [-0.3, -0.25) is 4.79 Å². The Morgan fingerprint density at radius 3 is 2.89 bits per heavy atom. The maximum Gasteiger partial charge on any atom is 0.274 e. The molecule has 0 aliphatic carbocycles. The van der Waals surface area contributed by atoms with Crippen LogP contribution in [0.3, 0.4) is 0 Å². The Balaban J connectivity index is 2.36. The molecule has 96 valence electrons. The van der Waals surface area contributed by atoms with E-state index in [2.05, 4.69) is 10.1 Å². The molecule has 0 unspecified atom stereocenters. The Kier molecular flexibility index (Phi) is 3.81. The monoisotopic (exact) mass is 266 g/mol. The zero-order valence-corrected chi connectivity index (χ0v) is 11.2. The van der Waals surface area contributed by atoms with Crippen LogP contribution in [0.1, 0.15) is 30.8 Å². The van der Waals surface area contributed by atoms with Crippen LogP contribution < -0.4 is 0 Å². The summed E-state index contributed by atoms with van der Waals surface area (Å²) in [6.45, 7) is 5.39. The number of hydrogen-bond acceptors (Lipinski definition) is 3. The van der Waals surface area contributed by atoms with Gasteiger partial charge in [-0.25, -0.2) is 9.50 Å². The molecule has 0 saturated heterocycles. The summed E-state index contributed by atoms with van der Waals surface area (Å²) in [4.78, 5) is 18.1. The average Bonchev–Trinajstić information content (AvgIpc) is 2.80. The molecule has 0 fully saturated rings. The fourth-order valence-electron chi connectivity index (χ4n) is 1.81. The van der Waals surface area contributed by atoms with Crippen LogP contribution in [-0.2, 0) is 0 Å². The number of carbonyl (C=O) groups is 1. The molecule has 0 bridgehead atoms. The first-order valence-corrected chi connectivity index (χ1v) is 6.34. The van der Waals surface area contributed by atoms with Crippen molar-refractivity contribution >= 4 is 23.2 Å². The third kappa shape index (κ3) is 2.31. The van der Waals surface area contributed by atoms with Gasteiger partial charge in [0.25, 0.3) is 5.91 Å². The largest absolute Gasteiger partial charge is 0.338 e. The molecule has 2 aromatic rings. The zero-order chi connectivity index (χ0) is 13.1. The molecule has 2 rings (SSSR count). The summed E-state index contributed by atoms with van der Waals surface area (Å²) in [6.07, 6.45) is 2.52. The van der Waals surface area contributed by atoms with Crippen molar-refractivity contribution in [3.63, 3.8) is 0 Å². The third-order valence-electron chi connectivity index (χ3n) is 2.69. The highest BCUT2D eigenvalue weighted by Crippen LogP contribution is 2.12. The molecule has 0 spiro atoms. The molecule has 0 aliphatic rings. The van der Waals surface area contributed by atoms with Crippen LogP contribution >= 0.6 is 11.6 Å². The molecule has 5 nitrogen and oxygen atoms in total. The van der Waals surface area contributed by atoms with Crippen LogP contribution in [0.2, 0.25) is 5.15 Å². The average molecular weight is 267 g/mol. The molecule has 0 radical (unpaired) electrons. The molecule has 18 heavy (non-hydrogen) atoms. The summed E-state index contributed by atoms with van der Waals surface area (Å²) in [5.74, 6) is -0.0825. The van der Waals surface area contributed by atoms with E-state index in [0.29, 0.717) is 23.0 Å². The first-order chi connectivity index (χ1) is 8.67. The molecular weight excluding hydrogens is 252 g/mol. The number of fused-ring (bicyclic) bond motifs is 1. The van der Waals surface area contributed by atoms with Crippen LogP contribution in [0.25, 0.3) is 5.65 Å². The second-order valence-corrected chi connectivity index (χ2v) is 4.34. The van der Waals surface area contributed by atoms with E-state index in [0.717, 1.165) is 13.0 Å². The minimum atomic E-state index is -0.0825. The number of nitrogens with zero attached hydrogens (tertiary/aromatic N) is 4. The standard InChI is InChI=1S/C12H15ClN4O/c1-3-7-16(4-2)12(18)9-8-11-14-6-5-10(13)17(11)15-9/h5-6,8H,3-4,7H2,1-2H3. The van der Waals surface area contributed by atoms with Gasteiger partial charge in [-0.05, 0) is 19.4 Å². The highest BCUT2D eigenvalue weighted by Gasteiger charge is 2.17. The van der Waals surface area contributed by atoms with Crippen LogP contribution in [0.15, 0.2) is 18.3 Å². The number of hydrogen-bond donors (Lipinski definition) is 0. The van der Waals surface area contributed by atoms with E-state index in [1.165, 1.54) is 4.52 Å². The Labute approximate surface area is 110 Å². The fraction of sp³-hybridized carbons (Fsp3) is 0.417. The summed E-state index contributed by atoms with van der Waals surface area (Å²) in [5.41, 5.74) is 0.962. The Morgan fingerprint density at radius 1 is 1.50 bits per heavy atom. The second-order valence-electron chi connectivity index (χ2n) is 3.95. The van der Waals surface area contributed by atoms with Gasteiger partial charge in [-0.15, -0.1) is 0 Å². The summed E-state index contributed by atoms with van der Waals surface area (Å²) in [5, 5.41) is 4.64. The Hall–Kier alpha value is -1.62.